The van der Waals surface area contributed by atoms with Crippen LogP contribution in [-0.2, 0) is 5.41 Å². The van der Waals surface area contributed by atoms with E-state index in [2.05, 4.69) is 5.16 Å². The predicted molar refractivity (Wildman–Crippen MR) is 69.6 cm³/mol. The summed E-state index contributed by atoms with van der Waals surface area (Å²) in [7, 11) is 0. The van der Waals surface area contributed by atoms with Gasteiger partial charge < -0.3 is 10.3 Å². The third kappa shape index (κ3) is 1.98. The number of halogens is 1. The van der Waals surface area contributed by atoms with Gasteiger partial charge >= 0.3 is 0 Å². The quantitative estimate of drug-likeness (QED) is 0.900. The highest BCUT2D eigenvalue weighted by molar-refractivity contribution is 5.76. The van der Waals surface area contributed by atoms with Crippen LogP contribution in [0.3, 0.4) is 0 Å². The number of nitrogen functional groups attached to an aromatic ring is 1. The molecule has 1 aromatic heterocycles. The first kappa shape index (κ1) is 12.6. The fraction of sp³-hybridized carbons (Fsp3) is 0.357. The number of benzene rings is 1. The normalized spacial score (nSPS) is 11.8. The molecule has 2 N–H and O–H groups in total. The minimum atomic E-state index is -0.319. The topological polar surface area (TPSA) is 52.0 Å². The molecule has 2 aromatic rings. The van der Waals surface area contributed by atoms with E-state index in [1.54, 1.807) is 18.2 Å². The van der Waals surface area contributed by atoms with Gasteiger partial charge in [0.05, 0.1) is 5.56 Å². The van der Waals surface area contributed by atoms with E-state index < -0.39 is 0 Å². The Morgan fingerprint density at radius 3 is 2.61 bits per heavy atom. The number of nitrogens with two attached hydrogens (primary N) is 1. The van der Waals surface area contributed by atoms with Crippen molar-refractivity contribution in [1.29, 1.82) is 0 Å². The lowest BCUT2D eigenvalue weighted by atomic mass is 9.83. The van der Waals surface area contributed by atoms with Crippen LogP contribution in [0.5, 0.6) is 0 Å². The summed E-state index contributed by atoms with van der Waals surface area (Å²) in [6, 6.07) is 6.51. The van der Waals surface area contributed by atoms with Crippen LogP contribution in [-0.4, -0.2) is 5.16 Å². The molecule has 1 heterocycles. The van der Waals surface area contributed by atoms with E-state index in [-0.39, 0.29) is 17.1 Å². The average Bonchev–Trinajstić information content (AvgIpc) is 2.72. The van der Waals surface area contributed by atoms with Crippen LogP contribution < -0.4 is 5.73 Å². The van der Waals surface area contributed by atoms with Crippen molar-refractivity contribution in [2.75, 3.05) is 5.73 Å². The van der Waals surface area contributed by atoms with Gasteiger partial charge in [0.2, 0.25) is 0 Å². The summed E-state index contributed by atoms with van der Waals surface area (Å²) in [5.74, 6) is 0.546. The van der Waals surface area contributed by atoms with Crippen molar-refractivity contribution in [3.05, 3.63) is 35.8 Å². The molecule has 0 aliphatic carbocycles. The molecule has 0 unspecified atom stereocenters. The molecule has 0 saturated carbocycles. The Kier molecular flexibility index (Phi) is 3.11. The Morgan fingerprint density at radius 2 is 2.00 bits per heavy atom. The molecule has 18 heavy (non-hydrogen) atoms. The fourth-order valence-corrected chi connectivity index (χ4v) is 1.85. The van der Waals surface area contributed by atoms with Gasteiger partial charge in [-0.1, -0.05) is 44.1 Å². The van der Waals surface area contributed by atoms with Gasteiger partial charge in [-0.2, -0.15) is 0 Å². The molecule has 0 aliphatic rings. The maximum Gasteiger partial charge on any atom is 0.175 e. The highest BCUT2D eigenvalue weighted by Gasteiger charge is 2.30. The third-order valence-electron chi connectivity index (χ3n) is 3.36. The van der Waals surface area contributed by atoms with E-state index in [1.165, 1.54) is 6.07 Å². The largest absolute Gasteiger partial charge is 0.380 e. The summed E-state index contributed by atoms with van der Waals surface area (Å²) in [5, 5.41) is 3.78. The van der Waals surface area contributed by atoms with Crippen LogP contribution in [0, 0.1) is 5.82 Å². The predicted octanol–water partition coefficient (Wildman–Crippen LogP) is 3.75. The molecule has 96 valence electrons. The molecule has 0 spiro atoms. The van der Waals surface area contributed by atoms with Crippen molar-refractivity contribution < 1.29 is 8.91 Å². The van der Waals surface area contributed by atoms with Crippen molar-refractivity contribution >= 4 is 5.82 Å². The van der Waals surface area contributed by atoms with E-state index in [1.807, 2.05) is 20.8 Å². The molecule has 4 heteroatoms. The molecule has 0 bridgehead atoms. The summed E-state index contributed by atoms with van der Waals surface area (Å²) < 4.78 is 19.2. The van der Waals surface area contributed by atoms with Gasteiger partial charge in [0, 0.05) is 11.0 Å². The lowest BCUT2D eigenvalue weighted by molar-refractivity contribution is 0.313. The van der Waals surface area contributed by atoms with Gasteiger partial charge in [0.15, 0.2) is 11.6 Å². The van der Waals surface area contributed by atoms with Gasteiger partial charge in [-0.05, 0) is 12.5 Å². The molecule has 3 nitrogen and oxygen atoms in total. The lowest BCUT2D eigenvalue weighted by Crippen LogP contribution is -2.15. The molecule has 0 amide bonds. The SMILES string of the molecule is CCC(C)(C)c1onc(N)c1-c1ccccc1F. The Morgan fingerprint density at radius 1 is 1.33 bits per heavy atom. The summed E-state index contributed by atoms with van der Waals surface area (Å²) in [5.41, 5.74) is 6.60. The van der Waals surface area contributed by atoms with Gasteiger partial charge in [0.1, 0.15) is 5.82 Å². The second-order valence-electron chi connectivity index (χ2n) is 4.99. The number of hydrogen-bond acceptors (Lipinski definition) is 3. The van der Waals surface area contributed by atoms with Gasteiger partial charge in [0.25, 0.3) is 0 Å². The Balaban J connectivity index is 2.65. The van der Waals surface area contributed by atoms with Crippen molar-refractivity contribution in [2.24, 2.45) is 0 Å². The summed E-state index contributed by atoms with van der Waals surface area (Å²) in [6.07, 6.45) is 0.850. The number of hydrogen-bond donors (Lipinski definition) is 1. The van der Waals surface area contributed by atoms with Gasteiger partial charge in [-0.15, -0.1) is 0 Å². The molecule has 1 aromatic carbocycles. The highest BCUT2D eigenvalue weighted by atomic mass is 19.1. The molecular weight excluding hydrogens is 231 g/mol. The van der Waals surface area contributed by atoms with Crippen molar-refractivity contribution in [1.82, 2.24) is 5.16 Å². The molecular formula is C14H17FN2O. The first-order valence-corrected chi connectivity index (χ1v) is 5.98. The van der Waals surface area contributed by atoms with Crippen LogP contribution in [0.25, 0.3) is 11.1 Å². The number of aromatic nitrogens is 1. The van der Waals surface area contributed by atoms with E-state index >= 15 is 0 Å². The zero-order chi connectivity index (χ0) is 13.3. The number of rotatable bonds is 3. The van der Waals surface area contributed by atoms with Gasteiger partial charge in [-0.25, -0.2) is 4.39 Å². The van der Waals surface area contributed by atoms with E-state index in [0.717, 1.165) is 6.42 Å². The fourth-order valence-electron chi connectivity index (χ4n) is 1.85. The van der Waals surface area contributed by atoms with Crippen LogP contribution in [0.4, 0.5) is 10.2 Å². The average molecular weight is 248 g/mol. The van der Waals surface area contributed by atoms with Crippen molar-refractivity contribution in [2.45, 2.75) is 32.6 Å². The first-order chi connectivity index (χ1) is 8.47. The van der Waals surface area contributed by atoms with E-state index in [0.29, 0.717) is 16.9 Å². The third-order valence-corrected chi connectivity index (χ3v) is 3.36. The highest BCUT2D eigenvalue weighted by Crippen LogP contribution is 2.39. The maximum absolute atomic E-state index is 13.9. The summed E-state index contributed by atoms with van der Waals surface area (Å²) in [4.78, 5) is 0. The Bertz CT molecular complexity index is 561. The van der Waals surface area contributed by atoms with Crippen LogP contribution in [0.15, 0.2) is 28.8 Å². The molecule has 0 saturated heterocycles. The van der Waals surface area contributed by atoms with Gasteiger partial charge in [-0.3, -0.25) is 0 Å². The van der Waals surface area contributed by atoms with Crippen LogP contribution in [0.2, 0.25) is 0 Å². The Labute approximate surface area is 106 Å². The van der Waals surface area contributed by atoms with Crippen LogP contribution in [0.1, 0.15) is 33.0 Å². The molecule has 0 radical (unpaired) electrons. The van der Waals surface area contributed by atoms with E-state index in [9.17, 15) is 4.39 Å². The smallest absolute Gasteiger partial charge is 0.175 e. The summed E-state index contributed by atoms with van der Waals surface area (Å²) >= 11 is 0. The Hall–Kier alpha value is -1.84. The molecule has 2 rings (SSSR count). The van der Waals surface area contributed by atoms with Crippen molar-refractivity contribution in [3.8, 4) is 11.1 Å². The molecule has 0 fully saturated rings. The number of anilines is 1. The monoisotopic (exact) mass is 248 g/mol. The zero-order valence-electron chi connectivity index (χ0n) is 10.8. The zero-order valence-corrected chi connectivity index (χ0v) is 10.8. The summed E-state index contributed by atoms with van der Waals surface area (Å²) in [6.45, 7) is 6.10. The minimum Gasteiger partial charge on any atom is -0.380 e. The molecule has 0 aliphatic heterocycles. The maximum atomic E-state index is 13.9. The first-order valence-electron chi connectivity index (χ1n) is 5.98. The standard InChI is InChI=1S/C14H17FN2O/c1-4-14(2,3)12-11(13(16)17-18-12)9-7-5-6-8-10(9)15/h5-8H,4H2,1-3H3,(H2,16,17). The molecule has 0 atom stereocenters. The van der Waals surface area contributed by atoms with Crippen molar-refractivity contribution in [3.63, 3.8) is 0 Å². The van der Waals surface area contributed by atoms with E-state index in [4.69, 9.17) is 10.3 Å². The lowest BCUT2D eigenvalue weighted by Gasteiger charge is -2.20. The number of nitrogens with zero attached hydrogens (tertiary/aromatic N) is 1. The second kappa shape index (κ2) is 4.44. The minimum absolute atomic E-state index is 0.233. The second-order valence-corrected chi connectivity index (χ2v) is 4.99. The van der Waals surface area contributed by atoms with Crippen LogP contribution >= 0.6 is 0 Å².